The summed E-state index contributed by atoms with van der Waals surface area (Å²) in [6, 6.07) is 0. The van der Waals surface area contributed by atoms with Crippen LogP contribution < -0.4 is 0 Å². The number of rotatable bonds is 4. The van der Waals surface area contributed by atoms with Crippen molar-refractivity contribution in [2.24, 2.45) is 0 Å². The molecule has 1 radical (unpaired) electrons. The van der Waals surface area contributed by atoms with Crippen LogP contribution in [0.15, 0.2) is 12.8 Å². The third-order valence-corrected chi connectivity index (χ3v) is 1.11. The van der Waals surface area contributed by atoms with Crippen molar-refractivity contribution in [3.8, 4) is 0 Å². The Morgan fingerprint density at radius 2 is 2.15 bits per heavy atom. The van der Waals surface area contributed by atoms with E-state index in [4.69, 9.17) is 9.84 Å². The maximum Gasteiger partial charge on any atom is 0.326 e. The molecule has 1 N–H and O–H groups in total. The Bertz CT molecular complexity index is 184. The lowest BCUT2D eigenvalue weighted by molar-refractivity contribution is -0.155. The summed E-state index contributed by atoms with van der Waals surface area (Å²) in [6.45, 7) is 9.50. The standard InChI is InChI=1S/C9H16NO3/c1-5-10(7-11)6-8(12)13-9(2,3)4/h5,7,11H,1,6H2,2-4H3. The molecule has 0 aliphatic carbocycles. The van der Waals surface area contributed by atoms with Crippen molar-refractivity contribution < 1.29 is 14.6 Å². The minimum atomic E-state index is -0.501. The Labute approximate surface area is 78.8 Å². The molecule has 0 atom stereocenters. The molecule has 75 valence electrons. The molecular weight excluding hydrogens is 170 g/mol. The van der Waals surface area contributed by atoms with Crippen LogP contribution in [0.1, 0.15) is 20.8 Å². The highest BCUT2D eigenvalue weighted by Gasteiger charge is 2.17. The van der Waals surface area contributed by atoms with Gasteiger partial charge < -0.3 is 14.7 Å². The topological polar surface area (TPSA) is 49.8 Å². The second kappa shape index (κ2) is 4.87. The molecule has 0 saturated heterocycles. The zero-order valence-corrected chi connectivity index (χ0v) is 8.28. The lowest BCUT2D eigenvalue weighted by Crippen LogP contribution is -2.31. The summed E-state index contributed by atoms with van der Waals surface area (Å²) in [6.07, 6.45) is 1.34. The number of hydrogen-bond acceptors (Lipinski definition) is 4. The number of carbonyl (C=O) groups is 1. The normalized spacial score (nSPS) is 10.8. The summed E-state index contributed by atoms with van der Waals surface area (Å²) >= 11 is 0. The summed E-state index contributed by atoms with van der Waals surface area (Å²) in [5, 5.41) is 8.60. The van der Waals surface area contributed by atoms with Gasteiger partial charge in [0, 0.05) is 0 Å². The quantitative estimate of drug-likeness (QED) is 0.672. The van der Waals surface area contributed by atoms with Gasteiger partial charge in [0.15, 0.2) is 6.73 Å². The second-order valence-electron chi connectivity index (χ2n) is 3.56. The number of carbonyl (C=O) groups excluding carboxylic acids is 1. The number of aliphatic hydroxyl groups is 1. The highest BCUT2D eigenvalue weighted by Crippen LogP contribution is 2.07. The predicted octanol–water partition coefficient (Wildman–Crippen LogP) is 1.27. The van der Waals surface area contributed by atoms with Crippen LogP contribution in [-0.2, 0) is 9.53 Å². The number of esters is 1. The fraction of sp³-hybridized carbons (Fsp3) is 0.556. The minimum absolute atomic E-state index is 0.0305. The van der Waals surface area contributed by atoms with Crippen molar-refractivity contribution >= 4 is 5.97 Å². The smallest absolute Gasteiger partial charge is 0.326 e. The first-order valence-electron chi connectivity index (χ1n) is 3.96. The van der Waals surface area contributed by atoms with Gasteiger partial charge in [0.1, 0.15) is 12.1 Å². The number of ether oxygens (including phenoxy) is 1. The van der Waals surface area contributed by atoms with Crippen LogP contribution >= 0.6 is 0 Å². The lowest BCUT2D eigenvalue weighted by Gasteiger charge is -2.22. The van der Waals surface area contributed by atoms with Crippen molar-refractivity contribution in [2.45, 2.75) is 26.4 Å². The van der Waals surface area contributed by atoms with Crippen molar-refractivity contribution in [1.29, 1.82) is 0 Å². The van der Waals surface area contributed by atoms with Crippen LogP contribution in [0.5, 0.6) is 0 Å². The zero-order valence-electron chi connectivity index (χ0n) is 8.28. The molecule has 4 nitrogen and oxygen atoms in total. The molecule has 0 heterocycles. The van der Waals surface area contributed by atoms with Crippen molar-refractivity contribution in [3.63, 3.8) is 0 Å². The summed E-state index contributed by atoms with van der Waals surface area (Å²) in [7, 11) is 0. The molecule has 0 fully saturated rings. The molecule has 0 aromatic heterocycles. The van der Waals surface area contributed by atoms with Gasteiger partial charge in [-0.1, -0.05) is 6.58 Å². The van der Waals surface area contributed by atoms with E-state index in [1.165, 1.54) is 11.1 Å². The molecule has 0 aliphatic rings. The Balaban J connectivity index is 3.93. The van der Waals surface area contributed by atoms with E-state index >= 15 is 0 Å². The molecular formula is C9H16NO3. The highest BCUT2D eigenvalue weighted by atomic mass is 16.6. The SMILES string of the molecule is C=CN([CH]O)CC(=O)OC(C)(C)C. The van der Waals surface area contributed by atoms with Crippen LogP contribution in [-0.4, -0.2) is 28.1 Å². The maximum atomic E-state index is 11.1. The van der Waals surface area contributed by atoms with E-state index < -0.39 is 11.6 Å². The first-order valence-corrected chi connectivity index (χ1v) is 3.96. The monoisotopic (exact) mass is 186 g/mol. The Morgan fingerprint density at radius 3 is 2.46 bits per heavy atom. The summed E-state index contributed by atoms with van der Waals surface area (Å²) in [5.41, 5.74) is -0.501. The number of nitrogens with zero attached hydrogens (tertiary/aromatic N) is 1. The van der Waals surface area contributed by atoms with E-state index in [0.29, 0.717) is 0 Å². The van der Waals surface area contributed by atoms with Gasteiger partial charge in [-0.05, 0) is 27.0 Å². The molecule has 0 aromatic rings. The molecule has 4 heteroatoms. The Hall–Kier alpha value is -1.03. The average molecular weight is 186 g/mol. The summed E-state index contributed by atoms with van der Waals surface area (Å²) < 4.78 is 5.01. The first-order chi connectivity index (χ1) is 5.89. The zero-order chi connectivity index (χ0) is 10.5. The van der Waals surface area contributed by atoms with Gasteiger partial charge in [0.2, 0.25) is 0 Å². The molecule has 0 unspecified atom stereocenters. The molecule has 0 bridgehead atoms. The molecule has 13 heavy (non-hydrogen) atoms. The third kappa shape index (κ3) is 6.16. The first kappa shape index (κ1) is 12.0. The molecule has 0 amide bonds. The largest absolute Gasteiger partial charge is 0.459 e. The van der Waals surface area contributed by atoms with Crippen molar-refractivity contribution in [1.82, 2.24) is 4.90 Å². The third-order valence-electron chi connectivity index (χ3n) is 1.11. The van der Waals surface area contributed by atoms with Crippen LogP contribution in [0.2, 0.25) is 0 Å². The predicted molar refractivity (Wildman–Crippen MR) is 49.0 cm³/mol. The van der Waals surface area contributed by atoms with Crippen LogP contribution in [0.3, 0.4) is 0 Å². The summed E-state index contributed by atoms with van der Waals surface area (Å²) in [5.74, 6) is -0.405. The molecule has 0 saturated carbocycles. The second-order valence-corrected chi connectivity index (χ2v) is 3.56. The molecule has 0 rings (SSSR count). The fourth-order valence-corrected chi connectivity index (χ4v) is 0.675. The highest BCUT2D eigenvalue weighted by molar-refractivity contribution is 5.72. The average Bonchev–Trinajstić information content (AvgIpc) is 1.96. The van der Waals surface area contributed by atoms with Crippen molar-refractivity contribution in [3.05, 3.63) is 19.5 Å². The van der Waals surface area contributed by atoms with E-state index in [1.54, 1.807) is 20.8 Å². The Kier molecular flexibility index (Phi) is 4.48. The van der Waals surface area contributed by atoms with Crippen molar-refractivity contribution in [2.75, 3.05) is 6.54 Å². The van der Waals surface area contributed by atoms with Crippen LogP contribution in [0.4, 0.5) is 0 Å². The van der Waals surface area contributed by atoms with Gasteiger partial charge >= 0.3 is 5.97 Å². The van der Waals surface area contributed by atoms with Gasteiger partial charge in [0.05, 0.1) is 0 Å². The van der Waals surface area contributed by atoms with Gasteiger partial charge in [-0.2, -0.15) is 0 Å². The molecule has 0 aromatic carbocycles. The van der Waals surface area contributed by atoms with Gasteiger partial charge in [-0.15, -0.1) is 0 Å². The van der Waals surface area contributed by atoms with Gasteiger partial charge in [-0.3, -0.25) is 4.79 Å². The summed E-state index contributed by atoms with van der Waals surface area (Å²) in [4.78, 5) is 12.4. The van der Waals surface area contributed by atoms with E-state index in [2.05, 4.69) is 6.58 Å². The van der Waals surface area contributed by atoms with E-state index in [1.807, 2.05) is 0 Å². The fourth-order valence-electron chi connectivity index (χ4n) is 0.675. The molecule has 0 aliphatic heterocycles. The van der Waals surface area contributed by atoms with E-state index in [-0.39, 0.29) is 6.54 Å². The lowest BCUT2D eigenvalue weighted by atomic mass is 10.2. The van der Waals surface area contributed by atoms with Gasteiger partial charge in [0.25, 0.3) is 0 Å². The number of hydrogen-bond donors (Lipinski definition) is 1. The Morgan fingerprint density at radius 1 is 1.62 bits per heavy atom. The minimum Gasteiger partial charge on any atom is -0.459 e. The molecule has 0 spiro atoms. The van der Waals surface area contributed by atoms with E-state index in [9.17, 15) is 4.79 Å². The van der Waals surface area contributed by atoms with Gasteiger partial charge in [-0.25, -0.2) is 0 Å². The van der Waals surface area contributed by atoms with Crippen LogP contribution in [0.25, 0.3) is 0 Å². The van der Waals surface area contributed by atoms with Crippen LogP contribution in [0, 0.1) is 6.73 Å². The van der Waals surface area contributed by atoms with E-state index in [0.717, 1.165) is 6.73 Å². The maximum absolute atomic E-state index is 11.1. The number of aliphatic hydroxyl groups excluding tert-OH is 1.